The van der Waals surface area contributed by atoms with E-state index in [0.29, 0.717) is 10.7 Å². The van der Waals surface area contributed by atoms with Crippen molar-refractivity contribution in [2.75, 3.05) is 14.1 Å². The lowest BCUT2D eigenvalue weighted by Gasteiger charge is -2.07. The molecule has 0 aliphatic carbocycles. The Hall–Kier alpha value is -1.48. The highest BCUT2D eigenvalue weighted by atomic mass is 35.5. The minimum Gasteiger partial charge on any atom is -0.350 e. The van der Waals surface area contributed by atoms with E-state index in [1.807, 2.05) is 18.2 Å². The molecule has 4 heteroatoms. The van der Waals surface area contributed by atoms with Crippen molar-refractivity contribution in [1.82, 2.24) is 9.88 Å². The van der Waals surface area contributed by atoms with E-state index in [4.69, 9.17) is 11.6 Å². The molecule has 1 N–H and O–H groups in total. The fourth-order valence-electron chi connectivity index (χ4n) is 1.47. The van der Waals surface area contributed by atoms with Crippen LogP contribution in [-0.2, 0) is 0 Å². The van der Waals surface area contributed by atoms with Crippen LogP contribution in [0.4, 0.5) is 0 Å². The van der Waals surface area contributed by atoms with Gasteiger partial charge in [-0.15, -0.1) is 0 Å². The van der Waals surface area contributed by atoms with E-state index in [1.165, 1.54) is 4.90 Å². The van der Waals surface area contributed by atoms with E-state index in [2.05, 4.69) is 4.98 Å². The van der Waals surface area contributed by atoms with Crippen LogP contribution in [-0.4, -0.2) is 29.9 Å². The van der Waals surface area contributed by atoms with E-state index >= 15 is 0 Å². The van der Waals surface area contributed by atoms with Crippen molar-refractivity contribution in [3.05, 3.63) is 35.0 Å². The summed E-state index contributed by atoms with van der Waals surface area (Å²) in [7, 11) is 3.44. The molecule has 0 saturated heterocycles. The number of fused-ring (bicyclic) bond motifs is 1. The molecule has 2 rings (SSSR count). The SMILES string of the molecule is CN(C)C(=O)c1cc2c(Cl)cccc2[nH]1. The number of benzene rings is 1. The molecule has 1 aromatic carbocycles. The Bertz CT molecular complexity index is 516. The fourth-order valence-corrected chi connectivity index (χ4v) is 1.70. The van der Waals surface area contributed by atoms with Gasteiger partial charge in [-0.1, -0.05) is 17.7 Å². The Balaban J connectivity index is 2.57. The first-order chi connectivity index (χ1) is 7.09. The van der Waals surface area contributed by atoms with Gasteiger partial charge in [0.15, 0.2) is 0 Å². The molecule has 0 unspecified atom stereocenters. The molecule has 3 nitrogen and oxygen atoms in total. The van der Waals surface area contributed by atoms with Crippen LogP contribution in [0.15, 0.2) is 24.3 Å². The van der Waals surface area contributed by atoms with Crippen LogP contribution < -0.4 is 0 Å². The summed E-state index contributed by atoms with van der Waals surface area (Å²) in [5, 5.41) is 1.53. The van der Waals surface area contributed by atoms with Crippen molar-refractivity contribution >= 4 is 28.4 Å². The first-order valence-corrected chi connectivity index (χ1v) is 4.96. The number of aromatic amines is 1. The third-order valence-electron chi connectivity index (χ3n) is 2.25. The molecular formula is C11H11ClN2O. The molecule has 78 valence electrons. The third-order valence-corrected chi connectivity index (χ3v) is 2.58. The van der Waals surface area contributed by atoms with Gasteiger partial charge in [0, 0.05) is 30.0 Å². The summed E-state index contributed by atoms with van der Waals surface area (Å²) in [5.41, 5.74) is 1.44. The zero-order valence-electron chi connectivity index (χ0n) is 8.54. The second-order valence-corrected chi connectivity index (χ2v) is 3.99. The zero-order valence-corrected chi connectivity index (χ0v) is 9.30. The number of rotatable bonds is 1. The highest BCUT2D eigenvalue weighted by Crippen LogP contribution is 2.24. The van der Waals surface area contributed by atoms with Crippen LogP contribution in [0, 0.1) is 0 Å². The van der Waals surface area contributed by atoms with Crippen molar-refractivity contribution < 1.29 is 4.79 Å². The van der Waals surface area contributed by atoms with Crippen LogP contribution in [0.25, 0.3) is 10.9 Å². The maximum atomic E-state index is 11.7. The minimum absolute atomic E-state index is 0.0535. The van der Waals surface area contributed by atoms with Gasteiger partial charge in [0.1, 0.15) is 5.69 Å². The van der Waals surface area contributed by atoms with Gasteiger partial charge >= 0.3 is 0 Å². The molecule has 0 bridgehead atoms. The average Bonchev–Trinajstić information content (AvgIpc) is 2.61. The number of halogens is 1. The van der Waals surface area contributed by atoms with E-state index < -0.39 is 0 Å². The summed E-state index contributed by atoms with van der Waals surface area (Å²) in [6.07, 6.45) is 0. The van der Waals surface area contributed by atoms with Crippen molar-refractivity contribution in [3.63, 3.8) is 0 Å². The Morgan fingerprint density at radius 2 is 2.13 bits per heavy atom. The van der Waals surface area contributed by atoms with Gasteiger partial charge in [-0.25, -0.2) is 0 Å². The topological polar surface area (TPSA) is 36.1 Å². The average molecular weight is 223 g/mol. The standard InChI is InChI=1S/C11H11ClN2O/c1-14(2)11(15)10-6-7-8(12)4-3-5-9(7)13-10/h3-6,13H,1-2H3. The summed E-state index contributed by atoms with van der Waals surface area (Å²) in [4.78, 5) is 16.2. The molecule has 0 atom stereocenters. The smallest absolute Gasteiger partial charge is 0.269 e. The van der Waals surface area contributed by atoms with Gasteiger partial charge in [0.2, 0.25) is 0 Å². The monoisotopic (exact) mass is 222 g/mol. The van der Waals surface area contributed by atoms with Crippen molar-refractivity contribution in [2.24, 2.45) is 0 Å². The van der Waals surface area contributed by atoms with Crippen LogP contribution in [0.2, 0.25) is 5.02 Å². The quantitative estimate of drug-likeness (QED) is 0.791. The first-order valence-electron chi connectivity index (χ1n) is 4.58. The molecule has 0 saturated carbocycles. The predicted molar refractivity (Wildman–Crippen MR) is 61.3 cm³/mol. The number of hydrogen-bond donors (Lipinski definition) is 1. The van der Waals surface area contributed by atoms with Crippen molar-refractivity contribution in [3.8, 4) is 0 Å². The Morgan fingerprint density at radius 3 is 2.73 bits per heavy atom. The predicted octanol–water partition coefficient (Wildman–Crippen LogP) is 2.52. The number of amides is 1. The van der Waals surface area contributed by atoms with Gasteiger partial charge in [-0.05, 0) is 18.2 Å². The normalized spacial score (nSPS) is 10.6. The number of aromatic nitrogens is 1. The summed E-state index contributed by atoms with van der Waals surface area (Å²) in [6.45, 7) is 0. The number of nitrogens with one attached hydrogen (secondary N) is 1. The van der Waals surface area contributed by atoms with Gasteiger partial charge in [0.25, 0.3) is 5.91 Å². The summed E-state index contributed by atoms with van der Waals surface area (Å²) < 4.78 is 0. The Morgan fingerprint density at radius 1 is 1.40 bits per heavy atom. The summed E-state index contributed by atoms with van der Waals surface area (Å²) in [5.74, 6) is -0.0535. The molecule has 0 spiro atoms. The molecule has 0 radical (unpaired) electrons. The summed E-state index contributed by atoms with van der Waals surface area (Å²) in [6, 6.07) is 7.33. The maximum Gasteiger partial charge on any atom is 0.269 e. The number of hydrogen-bond acceptors (Lipinski definition) is 1. The lowest BCUT2D eigenvalue weighted by atomic mass is 10.2. The molecule has 0 aliphatic rings. The number of nitrogens with zero attached hydrogens (tertiary/aromatic N) is 1. The second kappa shape index (κ2) is 3.59. The van der Waals surface area contributed by atoms with Gasteiger partial charge in [-0.3, -0.25) is 4.79 Å². The van der Waals surface area contributed by atoms with Crippen molar-refractivity contribution in [2.45, 2.75) is 0 Å². The van der Waals surface area contributed by atoms with Crippen LogP contribution in [0.5, 0.6) is 0 Å². The molecule has 1 amide bonds. The Labute approximate surface area is 92.6 Å². The number of H-pyrrole nitrogens is 1. The molecule has 1 heterocycles. The highest BCUT2D eigenvalue weighted by molar-refractivity contribution is 6.35. The van der Waals surface area contributed by atoms with Crippen LogP contribution in [0.3, 0.4) is 0 Å². The van der Waals surface area contributed by atoms with Gasteiger partial charge in [-0.2, -0.15) is 0 Å². The lowest BCUT2D eigenvalue weighted by molar-refractivity contribution is 0.0823. The molecule has 15 heavy (non-hydrogen) atoms. The van der Waals surface area contributed by atoms with Crippen LogP contribution in [0.1, 0.15) is 10.5 Å². The van der Waals surface area contributed by atoms with Crippen LogP contribution >= 0.6 is 11.6 Å². The maximum absolute atomic E-state index is 11.7. The Kier molecular flexibility index (Phi) is 2.40. The van der Waals surface area contributed by atoms with E-state index in [9.17, 15) is 4.79 Å². The third kappa shape index (κ3) is 1.70. The molecule has 1 aromatic heterocycles. The molecule has 0 aliphatic heterocycles. The molecular weight excluding hydrogens is 212 g/mol. The molecule has 0 fully saturated rings. The zero-order chi connectivity index (χ0) is 11.0. The minimum atomic E-state index is -0.0535. The van der Waals surface area contributed by atoms with E-state index in [1.54, 1.807) is 20.2 Å². The lowest BCUT2D eigenvalue weighted by Crippen LogP contribution is -2.21. The van der Waals surface area contributed by atoms with E-state index in [0.717, 1.165) is 10.9 Å². The largest absolute Gasteiger partial charge is 0.350 e. The van der Waals surface area contributed by atoms with Gasteiger partial charge < -0.3 is 9.88 Å². The first kappa shape index (κ1) is 10.1. The van der Waals surface area contributed by atoms with E-state index in [-0.39, 0.29) is 5.91 Å². The molecule has 2 aromatic rings. The number of carbonyl (C=O) groups excluding carboxylic acids is 1. The fraction of sp³-hybridized carbons (Fsp3) is 0.182. The van der Waals surface area contributed by atoms with Crippen molar-refractivity contribution in [1.29, 1.82) is 0 Å². The second-order valence-electron chi connectivity index (χ2n) is 3.58. The number of carbonyl (C=O) groups is 1. The highest BCUT2D eigenvalue weighted by Gasteiger charge is 2.12. The summed E-state index contributed by atoms with van der Waals surface area (Å²) >= 11 is 6.01. The van der Waals surface area contributed by atoms with Gasteiger partial charge in [0.05, 0.1) is 0 Å².